The predicted molar refractivity (Wildman–Crippen MR) is 105 cm³/mol. The topological polar surface area (TPSA) is 40.2 Å². The van der Waals surface area contributed by atoms with Crippen LogP contribution in [0.2, 0.25) is 0 Å². The zero-order valence-electron chi connectivity index (χ0n) is 17.6. The first kappa shape index (κ1) is 21.5. The minimum absolute atomic E-state index is 0.00472. The van der Waals surface area contributed by atoms with Crippen molar-refractivity contribution >= 4 is 18.3 Å². The summed E-state index contributed by atoms with van der Waals surface area (Å²) in [6.07, 6.45) is 1.19. The van der Waals surface area contributed by atoms with E-state index in [0.717, 1.165) is 12.8 Å². The van der Waals surface area contributed by atoms with E-state index in [9.17, 15) is 8.78 Å². The fourth-order valence-electron chi connectivity index (χ4n) is 3.88. The van der Waals surface area contributed by atoms with Crippen LogP contribution in [-0.2, 0) is 18.8 Å². The van der Waals surface area contributed by atoms with Gasteiger partial charge in [0.1, 0.15) is 17.3 Å². The molecule has 2 heterocycles. The molecule has 3 rings (SSSR count). The van der Waals surface area contributed by atoms with E-state index in [2.05, 4.69) is 0 Å². The number of anilines is 1. The Labute approximate surface area is 166 Å². The van der Waals surface area contributed by atoms with Gasteiger partial charge in [-0.05, 0) is 58.1 Å². The van der Waals surface area contributed by atoms with Crippen LogP contribution in [0.3, 0.4) is 0 Å². The van der Waals surface area contributed by atoms with Crippen molar-refractivity contribution in [3.05, 3.63) is 23.8 Å². The molecule has 0 bridgehead atoms. The molecular weight excluding hydrogens is 367 g/mol. The Morgan fingerprint density at radius 2 is 1.46 bits per heavy atom. The first-order valence-electron chi connectivity index (χ1n) is 9.74. The molecular formula is C20H30BF2NO4. The number of hydrogen-bond acceptors (Lipinski definition) is 5. The molecule has 2 fully saturated rings. The largest absolute Gasteiger partial charge is 0.495 e. The molecule has 0 aromatic heterocycles. The van der Waals surface area contributed by atoms with Crippen LogP contribution in [0.1, 0.15) is 40.5 Å². The van der Waals surface area contributed by atoms with Crippen LogP contribution < -0.4 is 10.4 Å². The smallest absolute Gasteiger partial charge is 0.399 e. The maximum atomic E-state index is 14.9. The van der Waals surface area contributed by atoms with Crippen molar-refractivity contribution in [1.82, 2.24) is 0 Å². The van der Waals surface area contributed by atoms with Gasteiger partial charge in [0.15, 0.2) is 6.29 Å². The summed E-state index contributed by atoms with van der Waals surface area (Å²) in [5, 5.41) is 0. The van der Waals surface area contributed by atoms with E-state index in [1.54, 1.807) is 19.1 Å². The van der Waals surface area contributed by atoms with Crippen molar-refractivity contribution in [2.45, 2.75) is 58.0 Å². The van der Waals surface area contributed by atoms with Gasteiger partial charge in [0.05, 0.1) is 11.2 Å². The van der Waals surface area contributed by atoms with E-state index in [-0.39, 0.29) is 17.9 Å². The summed E-state index contributed by atoms with van der Waals surface area (Å²) in [5.41, 5.74) is -0.773. The van der Waals surface area contributed by atoms with Crippen molar-refractivity contribution in [2.75, 3.05) is 32.2 Å². The number of hydrogen-bond donors (Lipinski definition) is 0. The molecule has 156 valence electrons. The third kappa shape index (κ3) is 3.92. The lowest BCUT2D eigenvalue weighted by molar-refractivity contribution is -0.141. The second kappa shape index (κ2) is 7.90. The van der Waals surface area contributed by atoms with Gasteiger partial charge in [0, 0.05) is 33.2 Å². The molecule has 5 nitrogen and oxygen atoms in total. The Balaban J connectivity index is 1.75. The van der Waals surface area contributed by atoms with Crippen LogP contribution in [0.4, 0.5) is 14.5 Å². The monoisotopic (exact) mass is 397 g/mol. The van der Waals surface area contributed by atoms with Crippen molar-refractivity contribution in [1.29, 1.82) is 0 Å². The van der Waals surface area contributed by atoms with Gasteiger partial charge in [0.25, 0.3) is 0 Å². The van der Waals surface area contributed by atoms with Gasteiger partial charge in [-0.3, -0.25) is 0 Å². The highest BCUT2D eigenvalue weighted by Crippen LogP contribution is 2.37. The normalized spacial score (nSPS) is 22.3. The van der Waals surface area contributed by atoms with Crippen molar-refractivity contribution < 1.29 is 27.6 Å². The van der Waals surface area contributed by atoms with E-state index >= 15 is 0 Å². The molecule has 1 aromatic rings. The van der Waals surface area contributed by atoms with E-state index < -0.39 is 30.0 Å². The summed E-state index contributed by atoms with van der Waals surface area (Å²) in [6.45, 7) is 8.71. The summed E-state index contributed by atoms with van der Waals surface area (Å²) in [7, 11) is 2.42. The Morgan fingerprint density at radius 3 is 1.89 bits per heavy atom. The molecule has 0 spiro atoms. The van der Waals surface area contributed by atoms with Crippen LogP contribution in [0.15, 0.2) is 12.1 Å². The van der Waals surface area contributed by atoms with Crippen molar-refractivity contribution in [2.24, 2.45) is 5.92 Å². The average Bonchev–Trinajstić information content (AvgIpc) is 2.84. The summed E-state index contributed by atoms with van der Waals surface area (Å²) >= 11 is 0. The summed E-state index contributed by atoms with van der Waals surface area (Å²) in [4.78, 5) is 1.75. The van der Waals surface area contributed by atoms with E-state index in [0.29, 0.717) is 18.6 Å². The van der Waals surface area contributed by atoms with Gasteiger partial charge >= 0.3 is 7.12 Å². The van der Waals surface area contributed by atoms with Gasteiger partial charge in [-0.1, -0.05) is 0 Å². The third-order valence-electron chi connectivity index (χ3n) is 6.27. The summed E-state index contributed by atoms with van der Waals surface area (Å²) in [5.74, 6) is -0.988. The van der Waals surface area contributed by atoms with Crippen LogP contribution in [0.5, 0.6) is 0 Å². The number of methoxy groups -OCH3 is 2. The van der Waals surface area contributed by atoms with Crippen LogP contribution >= 0.6 is 0 Å². The molecule has 0 radical (unpaired) electrons. The highest BCUT2D eigenvalue weighted by molar-refractivity contribution is 6.62. The lowest BCUT2D eigenvalue weighted by Crippen LogP contribution is -2.41. The van der Waals surface area contributed by atoms with Gasteiger partial charge in [-0.2, -0.15) is 0 Å². The van der Waals surface area contributed by atoms with Crippen LogP contribution in [-0.4, -0.2) is 51.9 Å². The fraction of sp³-hybridized carbons (Fsp3) is 0.700. The second-order valence-electron chi connectivity index (χ2n) is 8.59. The average molecular weight is 397 g/mol. The predicted octanol–water partition coefficient (Wildman–Crippen LogP) is 3.10. The molecule has 2 aliphatic heterocycles. The molecule has 0 saturated carbocycles. The Bertz CT molecular complexity index is 664. The highest BCUT2D eigenvalue weighted by Gasteiger charge is 2.52. The Morgan fingerprint density at radius 1 is 1.00 bits per heavy atom. The van der Waals surface area contributed by atoms with Crippen LogP contribution in [0.25, 0.3) is 0 Å². The number of nitrogens with zero attached hydrogens (tertiary/aromatic N) is 1. The van der Waals surface area contributed by atoms with E-state index in [4.69, 9.17) is 18.8 Å². The minimum atomic E-state index is -0.794. The van der Waals surface area contributed by atoms with Crippen LogP contribution in [0, 0.1) is 17.6 Å². The van der Waals surface area contributed by atoms with Gasteiger partial charge in [-0.15, -0.1) is 0 Å². The zero-order valence-corrected chi connectivity index (χ0v) is 17.6. The number of halogens is 2. The standard InChI is InChI=1S/C20H30BF2NO4/c1-19(2)20(3,4)28-21(27-19)14-11-15(22)17(16(23)12-14)24-9-7-13(8-10-24)18(25-5)26-6/h11-13,18H,7-10H2,1-6H3. The lowest BCUT2D eigenvalue weighted by Gasteiger charge is -2.36. The molecule has 0 aliphatic carbocycles. The quantitative estimate of drug-likeness (QED) is 0.564. The maximum absolute atomic E-state index is 14.9. The maximum Gasteiger partial charge on any atom is 0.495 e. The van der Waals surface area contributed by atoms with Gasteiger partial charge < -0.3 is 23.7 Å². The van der Waals surface area contributed by atoms with Crippen molar-refractivity contribution in [3.63, 3.8) is 0 Å². The molecule has 8 heteroatoms. The van der Waals surface area contributed by atoms with Gasteiger partial charge in [0.2, 0.25) is 0 Å². The second-order valence-corrected chi connectivity index (χ2v) is 8.59. The molecule has 0 unspecified atom stereocenters. The lowest BCUT2D eigenvalue weighted by atomic mass is 9.78. The zero-order chi connectivity index (χ0) is 20.7. The SMILES string of the molecule is COC(OC)C1CCN(c2c(F)cc(B3OC(C)(C)C(C)(C)O3)cc2F)CC1. The van der Waals surface area contributed by atoms with Gasteiger partial charge in [-0.25, -0.2) is 8.78 Å². The number of ether oxygens (including phenoxy) is 2. The number of benzene rings is 1. The molecule has 0 atom stereocenters. The molecule has 0 N–H and O–H groups in total. The first-order chi connectivity index (χ1) is 13.1. The fourth-order valence-corrected chi connectivity index (χ4v) is 3.88. The molecule has 0 amide bonds. The van der Waals surface area contributed by atoms with Crippen molar-refractivity contribution in [3.8, 4) is 0 Å². The molecule has 1 aromatic carbocycles. The van der Waals surface area contributed by atoms with E-state index in [1.165, 1.54) is 12.1 Å². The highest BCUT2D eigenvalue weighted by atomic mass is 19.1. The number of piperidine rings is 1. The molecule has 28 heavy (non-hydrogen) atoms. The molecule has 2 saturated heterocycles. The summed E-state index contributed by atoms with van der Waals surface area (Å²) < 4.78 is 52.2. The Kier molecular flexibility index (Phi) is 6.06. The number of rotatable bonds is 5. The minimum Gasteiger partial charge on any atom is -0.399 e. The third-order valence-corrected chi connectivity index (χ3v) is 6.27. The first-order valence-corrected chi connectivity index (χ1v) is 9.74. The molecule has 2 aliphatic rings. The summed E-state index contributed by atoms with van der Waals surface area (Å²) in [6, 6.07) is 2.64. The Hall–Kier alpha value is -1.22. The van der Waals surface area contributed by atoms with E-state index in [1.807, 2.05) is 27.7 Å².